The molecule has 0 saturated carbocycles. The van der Waals surface area contributed by atoms with E-state index in [9.17, 15) is 27.2 Å². The van der Waals surface area contributed by atoms with Crippen molar-refractivity contribution in [2.45, 2.75) is 27.1 Å². The lowest BCUT2D eigenvalue weighted by Gasteiger charge is -2.19. The minimum atomic E-state index is -2.21. The standard InChI is InChI=1S/C12H10F4O4/c1-4-8(13)10(15)7(11(16)9(4)14)12(19-5(2)17)20-6(3)18/h12H,1-3H3. The number of hydrogen-bond donors (Lipinski definition) is 0. The van der Waals surface area contributed by atoms with Crippen LogP contribution in [0.25, 0.3) is 0 Å². The molecule has 20 heavy (non-hydrogen) atoms. The highest BCUT2D eigenvalue weighted by molar-refractivity contribution is 5.68. The first kappa shape index (κ1) is 15.9. The number of carbonyl (C=O) groups is 2. The molecule has 0 heterocycles. The van der Waals surface area contributed by atoms with E-state index in [-0.39, 0.29) is 0 Å². The normalized spacial score (nSPS) is 10.6. The van der Waals surface area contributed by atoms with Gasteiger partial charge in [-0.25, -0.2) is 17.6 Å². The molecule has 110 valence electrons. The lowest BCUT2D eigenvalue weighted by atomic mass is 10.1. The van der Waals surface area contributed by atoms with E-state index in [2.05, 4.69) is 9.47 Å². The Morgan fingerprint density at radius 1 is 0.850 bits per heavy atom. The molecule has 8 heteroatoms. The third kappa shape index (κ3) is 3.06. The van der Waals surface area contributed by atoms with Crippen molar-refractivity contribution in [2.75, 3.05) is 0 Å². The van der Waals surface area contributed by atoms with Crippen LogP contribution in [-0.4, -0.2) is 11.9 Å². The number of esters is 2. The van der Waals surface area contributed by atoms with Crippen molar-refractivity contribution in [1.29, 1.82) is 0 Å². The number of hydrogen-bond acceptors (Lipinski definition) is 4. The summed E-state index contributed by atoms with van der Waals surface area (Å²) >= 11 is 0. The summed E-state index contributed by atoms with van der Waals surface area (Å²) in [6.07, 6.45) is -2.21. The Balaban J connectivity index is 3.46. The first-order valence-electron chi connectivity index (χ1n) is 5.33. The van der Waals surface area contributed by atoms with Gasteiger partial charge in [-0.1, -0.05) is 0 Å². The molecule has 0 fully saturated rings. The van der Waals surface area contributed by atoms with Crippen molar-refractivity contribution in [1.82, 2.24) is 0 Å². The maximum absolute atomic E-state index is 13.7. The Labute approximate surface area is 111 Å². The zero-order valence-electron chi connectivity index (χ0n) is 10.7. The summed E-state index contributed by atoms with van der Waals surface area (Å²) in [4.78, 5) is 21.6. The highest BCUT2D eigenvalue weighted by Crippen LogP contribution is 2.31. The van der Waals surface area contributed by atoms with Crippen LogP contribution in [0.4, 0.5) is 17.6 Å². The Morgan fingerprint density at radius 2 is 1.20 bits per heavy atom. The molecule has 0 aliphatic carbocycles. The molecule has 0 radical (unpaired) electrons. The van der Waals surface area contributed by atoms with Crippen molar-refractivity contribution >= 4 is 11.9 Å². The summed E-state index contributed by atoms with van der Waals surface area (Å²) in [5, 5.41) is 0. The molecule has 1 aromatic carbocycles. The number of rotatable bonds is 3. The van der Waals surface area contributed by atoms with Crippen molar-refractivity contribution in [3.05, 3.63) is 34.4 Å². The third-order valence-corrected chi connectivity index (χ3v) is 2.30. The summed E-state index contributed by atoms with van der Waals surface area (Å²) in [6, 6.07) is 0. The van der Waals surface area contributed by atoms with E-state index in [1.807, 2.05) is 0 Å². The molecule has 0 N–H and O–H groups in total. The second-order valence-electron chi connectivity index (χ2n) is 3.85. The highest BCUT2D eigenvalue weighted by atomic mass is 19.2. The molecular formula is C12H10F4O4. The van der Waals surface area contributed by atoms with E-state index in [4.69, 9.17) is 0 Å². The molecule has 1 rings (SSSR count). The SMILES string of the molecule is CC(=O)OC(OC(C)=O)c1c(F)c(F)c(C)c(F)c1F. The first-order chi connectivity index (χ1) is 9.16. The van der Waals surface area contributed by atoms with Crippen molar-refractivity contribution in [3.8, 4) is 0 Å². The van der Waals surface area contributed by atoms with E-state index in [1.165, 1.54) is 0 Å². The van der Waals surface area contributed by atoms with Gasteiger partial charge < -0.3 is 9.47 Å². The Morgan fingerprint density at radius 3 is 1.50 bits per heavy atom. The molecule has 0 atom stereocenters. The second-order valence-corrected chi connectivity index (χ2v) is 3.85. The minimum Gasteiger partial charge on any atom is -0.421 e. The van der Waals surface area contributed by atoms with Crippen molar-refractivity contribution in [2.24, 2.45) is 0 Å². The van der Waals surface area contributed by atoms with Crippen LogP contribution >= 0.6 is 0 Å². The Hall–Kier alpha value is -2.12. The molecule has 0 amide bonds. The van der Waals surface area contributed by atoms with Crippen molar-refractivity contribution in [3.63, 3.8) is 0 Å². The van der Waals surface area contributed by atoms with E-state index in [1.54, 1.807) is 0 Å². The maximum Gasteiger partial charge on any atom is 0.305 e. The molecule has 0 spiro atoms. The number of carbonyl (C=O) groups excluding carboxylic acids is 2. The van der Waals surface area contributed by atoms with Gasteiger partial charge in [0.25, 0.3) is 6.29 Å². The molecule has 0 aliphatic heterocycles. The van der Waals surface area contributed by atoms with E-state index in [0.717, 1.165) is 20.8 Å². The summed E-state index contributed by atoms with van der Waals surface area (Å²) in [5.74, 6) is -9.04. The van der Waals surface area contributed by atoms with Crippen LogP contribution in [-0.2, 0) is 19.1 Å². The van der Waals surface area contributed by atoms with Gasteiger partial charge in [0.2, 0.25) is 0 Å². The van der Waals surface area contributed by atoms with Crippen molar-refractivity contribution < 1.29 is 36.6 Å². The molecule has 0 saturated heterocycles. The fraction of sp³-hybridized carbons (Fsp3) is 0.333. The van der Waals surface area contributed by atoms with Gasteiger partial charge in [0.05, 0.1) is 0 Å². The zero-order chi connectivity index (χ0) is 15.6. The zero-order valence-corrected chi connectivity index (χ0v) is 10.7. The van der Waals surface area contributed by atoms with Crippen LogP contribution in [0.2, 0.25) is 0 Å². The molecule has 4 nitrogen and oxygen atoms in total. The average Bonchev–Trinajstić information content (AvgIpc) is 2.32. The topological polar surface area (TPSA) is 52.6 Å². The predicted molar refractivity (Wildman–Crippen MR) is 57.3 cm³/mol. The Bertz CT molecular complexity index is 526. The van der Waals surface area contributed by atoms with Crippen LogP contribution in [0, 0.1) is 30.2 Å². The third-order valence-electron chi connectivity index (χ3n) is 2.30. The van der Waals surface area contributed by atoms with Gasteiger partial charge in [-0.15, -0.1) is 0 Å². The predicted octanol–water partition coefficient (Wildman–Crippen LogP) is 2.68. The van der Waals surface area contributed by atoms with Gasteiger partial charge in [0, 0.05) is 19.4 Å². The van der Waals surface area contributed by atoms with Gasteiger partial charge in [-0.3, -0.25) is 9.59 Å². The first-order valence-corrected chi connectivity index (χ1v) is 5.33. The van der Waals surface area contributed by atoms with Gasteiger partial charge in [-0.05, 0) is 6.92 Å². The van der Waals surface area contributed by atoms with Gasteiger partial charge in [-0.2, -0.15) is 0 Å². The van der Waals surface area contributed by atoms with E-state index < -0.39 is 52.6 Å². The Kier molecular flexibility index (Phi) is 4.69. The number of halogens is 4. The molecule has 1 aromatic rings. The van der Waals surface area contributed by atoms with Crippen LogP contribution in [0.3, 0.4) is 0 Å². The summed E-state index contributed by atoms with van der Waals surface area (Å²) in [7, 11) is 0. The molecule has 0 aliphatic rings. The maximum atomic E-state index is 13.7. The van der Waals surface area contributed by atoms with Gasteiger partial charge in [0.1, 0.15) is 5.56 Å². The quantitative estimate of drug-likeness (QED) is 0.372. The average molecular weight is 294 g/mol. The monoisotopic (exact) mass is 294 g/mol. The molecule has 0 bridgehead atoms. The van der Waals surface area contributed by atoms with Crippen LogP contribution in [0.5, 0.6) is 0 Å². The smallest absolute Gasteiger partial charge is 0.305 e. The van der Waals surface area contributed by atoms with Crippen LogP contribution in [0.15, 0.2) is 0 Å². The lowest BCUT2D eigenvalue weighted by Crippen LogP contribution is -2.20. The number of ether oxygens (including phenoxy) is 2. The minimum absolute atomic E-state index is 0.827. The number of benzene rings is 1. The summed E-state index contributed by atoms with van der Waals surface area (Å²) in [5.41, 5.74) is -2.20. The van der Waals surface area contributed by atoms with Gasteiger partial charge >= 0.3 is 11.9 Å². The fourth-order valence-corrected chi connectivity index (χ4v) is 1.41. The molecular weight excluding hydrogens is 284 g/mol. The highest BCUT2D eigenvalue weighted by Gasteiger charge is 2.32. The largest absolute Gasteiger partial charge is 0.421 e. The van der Waals surface area contributed by atoms with Gasteiger partial charge in [0.15, 0.2) is 23.3 Å². The second kappa shape index (κ2) is 5.89. The van der Waals surface area contributed by atoms with E-state index in [0.29, 0.717) is 0 Å². The van der Waals surface area contributed by atoms with Crippen LogP contribution < -0.4 is 0 Å². The summed E-state index contributed by atoms with van der Waals surface area (Å²) in [6.45, 7) is 2.56. The molecule has 0 aromatic heterocycles. The van der Waals surface area contributed by atoms with Crippen LogP contribution in [0.1, 0.15) is 31.3 Å². The van der Waals surface area contributed by atoms with E-state index >= 15 is 0 Å². The lowest BCUT2D eigenvalue weighted by molar-refractivity contribution is -0.187. The summed E-state index contributed by atoms with van der Waals surface area (Å²) < 4.78 is 62.9. The molecule has 0 unspecified atom stereocenters. The fourth-order valence-electron chi connectivity index (χ4n) is 1.41.